The lowest BCUT2D eigenvalue weighted by atomic mass is 10.3. The van der Waals surface area contributed by atoms with Gasteiger partial charge < -0.3 is 11.1 Å². The Morgan fingerprint density at radius 2 is 2.21 bits per heavy atom. The fourth-order valence-electron chi connectivity index (χ4n) is 1.09. The molecule has 2 aromatic rings. The van der Waals surface area contributed by atoms with Crippen LogP contribution in [0.5, 0.6) is 0 Å². The van der Waals surface area contributed by atoms with E-state index in [2.05, 4.69) is 15.5 Å². The van der Waals surface area contributed by atoms with Crippen molar-refractivity contribution in [3.63, 3.8) is 0 Å². The third-order valence-electron chi connectivity index (χ3n) is 1.66. The zero-order chi connectivity index (χ0) is 9.97. The van der Waals surface area contributed by atoms with Gasteiger partial charge in [0.05, 0.1) is 0 Å². The molecule has 3 N–H and O–H groups in total. The number of aromatic nitrogens is 2. The fraction of sp³-hybridized carbons (Fsp3) is 0.111. The molecule has 0 aliphatic carbocycles. The molecule has 0 atom stereocenters. The number of anilines is 3. The van der Waals surface area contributed by atoms with Gasteiger partial charge in [0.25, 0.3) is 0 Å². The van der Waals surface area contributed by atoms with Crippen LogP contribution in [0.25, 0.3) is 0 Å². The summed E-state index contributed by atoms with van der Waals surface area (Å²) in [5.41, 5.74) is 7.31. The smallest absolute Gasteiger partial charge is 0.210 e. The summed E-state index contributed by atoms with van der Waals surface area (Å²) in [6.07, 6.45) is 0. The highest BCUT2D eigenvalue weighted by molar-refractivity contribution is 7.15. The lowest BCUT2D eigenvalue weighted by molar-refractivity contribution is 1.05. The van der Waals surface area contributed by atoms with Crippen molar-refractivity contribution in [3.05, 3.63) is 29.3 Å². The summed E-state index contributed by atoms with van der Waals surface area (Å²) in [7, 11) is 0. The van der Waals surface area contributed by atoms with Crippen LogP contribution in [0, 0.1) is 6.92 Å². The van der Waals surface area contributed by atoms with Gasteiger partial charge in [-0.25, -0.2) is 0 Å². The SMILES string of the molecule is Cc1nnc(Nc2cccc(N)c2)s1. The maximum Gasteiger partial charge on any atom is 0.210 e. The van der Waals surface area contributed by atoms with Crippen LogP contribution >= 0.6 is 11.3 Å². The van der Waals surface area contributed by atoms with Crippen LogP contribution in [-0.4, -0.2) is 10.2 Å². The standard InChI is InChI=1S/C9H10N4S/c1-6-12-13-9(14-6)11-8-4-2-3-7(10)5-8/h2-5H,10H2,1H3,(H,11,13). The second-order valence-corrected chi connectivity index (χ2v) is 4.06. The van der Waals surface area contributed by atoms with Crippen LogP contribution in [0.3, 0.4) is 0 Å². The van der Waals surface area contributed by atoms with E-state index in [9.17, 15) is 0 Å². The first-order chi connectivity index (χ1) is 6.74. The highest BCUT2D eigenvalue weighted by atomic mass is 32.1. The highest BCUT2D eigenvalue weighted by Gasteiger charge is 2.00. The van der Waals surface area contributed by atoms with E-state index in [1.807, 2.05) is 31.2 Å². The van der Waals surface area contributed by atoms with Gasteiger partial charge in [0, 0.05) is 11.4 Å². The van der Waals surface area contributed by atoms with Crippen LogP contribution in [0.1, 0.15) is 5.01 Å². The number of rotatable bonds is 2. The zero-order valence-electron chi connectivity index (χ0n) is 7.69. The van der Waals surface area contributed by atoms with E-state index in [-0.39, 0.29) is 0 Å². The van der Waals surface area contributed by atoms with Crippen molar-refractivity contribution in [2.24, 2.45) is 0 Å². The molecule has 0 aliphatic rings. The molecule has 0 fully saturated rings. The lowest BCUT2D eigenvalue weighted by Gasteiger charge is -2.01. The van der Waals surface area contributed by atoms with Gasteiger partial charge >= 0.3 is 0 Å². The van der Waals surface area contributed by atoms with Gasteiger partial charge in [-0.05, 0) is 25.1 Å². The molecular formula is C9H10N4S. The second-order valence-electron chi connectivity index (χ2n) is 2.88. The lowest BCUT2D eigenvalue weighted by Crippen LogP contribution is -1.91. The maximum atomic E-state index is 5.64. The number of hydrogen-bond acceptors (Lipinski definition) is 5. The molecule has 0 saturated heterocycles. The number of nitrogens with two attached hydrogens (primary N) is 1. The van der Waals surface area contributed by atoms with Crippen LogP contribution in [-0.2, 0) is 0 Å². The van der Waals surface area contributed by atoms with E-state index in [0.717, 1.165) is 21.5 Å². The minimum Gasteiger partial charge on any atom is -0.399 e. The van der Waals surface area contributed by atoms with Gasteiger partial charge in [0.15, 0.2) is 0 Å². The average Bonchev–Trinajstić information content (AvgIpc) is 2.51. The molecule has 5 heteroatoms. The van der Waals surface area contributed by atoms with Gasteiger partial charge in [-0.3, -0.25) is 0 Å². The van der Waals surface area contributed by atoms with E-state index in [0.29, 0.717) is 0 Å². The van der Waals surface area contributed by atoms with E-state index in [4.69, 9.17) is 5.73 Å². The van der Waals surface area contributed by atoms with Crippen molar-refractivity contribution >= 4 is 27.8 Å². The number of aryl methyl sites for hydroxylation is 1. The number of hydrogen-bond donors (Lipinski definition) is 2. The van der Waals surface area contributed by atoms with Crippen molar-refractivity contribution < 1.29 is 0 Å². The molecule has 0 bridgehead atoms. The molecule has 1 heterocycles. The van der Waals surface area contributed by atoms with Gasteiger partial charge in [-0.15, -0.1) is 10.2 Å². The second kappa shape index (κ2) is 3.63. The molecule has 1 aromatic carbocycles. The summed E-state index contributed by atoms with van der Waals surface area (Å²) in [5, 5.41) is 12.7. The Morgan fingerprint density at radius 1 is 1.36 bits per heavy atom. The number of nitrogens with zero attached hydrogens (tertiary/aromatic N) is 2. The van der Waals surface area contributed by atoms with Crippen LogP contribution in [0.15, 0.2) is 24.3 Å². The van der Waals surface area contributed by atoms with Crippen LogP contribution < -0.4 is 11.1 Å². The summed E-state index contributed by atoms with van der Waals surface area (Å²) in [6, 6.07) is 7.53. The Bertz CT molecular complexity index is 438. The maximum absolute atomic E-state index is 5.64. The van der Waals surface area contributed by atoms with E-state index in [1.54, 1.807) is 0 Å². The summed E-state index contributed by atoms with van der Waals surface area (Å²) < 4.78 is 0. The Hall–Kier alpha value is -1.62. The molecule has 4 nitrogen and oxygen atoms in total. The Kier molecular flexibility index (Phi) is 2.32. The quantitative estimate of drug-likeness (QED) is 0.739. The van der Waals surface area contributed by atoms with Crippen molar-refractivity contribution in [1.82, 2.24) is 10.2 Å². The van der Waals surface area contributed by atoms with Crippen molar-refractivity contribution in [1.29, 1.82) is 0 Å². The predicted molar refractivity (Wildman–Crippen MR) is 58.8 cm³/mol. The minimum atomic E-state index is 0.733. The third-order valence-corrected chi connectivity index (χ3v) is 2.42. The van der Waals surface area contributed by atoms with Crippen molar-refractivity contribution in [3.8, 4) is 0 Å². The molecule has 0 aliphatic heterocycles. The Morgan fingerprint density at radius 3 is 2.86 bits per heavy atom. The van der Waals surface area contributed by atoms with E-state index >= 15 is 0 Å². The number of benzene rings is 1. The molecule has 0 saturated carbocycles. The molecule has 0 spiro atoms. The minimum absolute atomic E-state index is 0.733. The third kappa shape index (κ3) is 2.00. The largest absolute Gasteiger partial charge is 0.399 e. The first-order valence-corrected chi connectivity index (χ1v) is 4.98. The van der Waals surface area contributed by atoms with Gasteiger partial charge in [0.2, 0.25) is 5.13 Å². The van der Waals surface area contributed by atoms with Crippen molar-refractivity contribution in [2.45, 2.75) is 6.92 Å². The molecule has 2 rings (SSSR count). The van der Waals surface area contributed by atoms with Gasteiger partial charge in [-0.2, -0.15) is 0 Å². The average molecular weight is 206 g/mol. The molecule has 14 heavy (non-hydrogen) atoms. The number of nitrogens with one attached hydrogen (secondary N) is 1. The molecule has 1 aromatic heterocycles. The summed E-state index contributed by atoms with van der Waals surface area (Å²) >= 11 is 1.51. The fourth-order valence-corrected chi connectivity index (χ4v) is 1.70. The zero-order valence-corrected chi connectivity index (χ0v) is 8.51. The van der Waals surface area contributed by atoms with Crippen molar-refractivity contribution in [2.75, 3.05) is 11.1 Å². The van der Waals surface area contributed by atoms with E-state index < -0.39 is 0 Å². The molecular weight excluding hydrogens is 196 g/mol. The normalized spacial score (nSPS) is 10.1. The Balaban J connectivity index is 2.18. The highest BCUT2D eigenvalue weighted by Crippen LogP contribution is 2.21. The van der Waals surface area contributed by atoms with Crippen LogP contribution in [0.4, 0.5) is 16.5 Å². The van der Waals surface area contributed by atoms with E-state index in [1.165, 1.54) is 11.3 Å². The first-order valence-electron chi connectivity index (χ1n) is 4.17. The topological polar surface area (TPSA) is 63.8 Å². The summed E-state index contributed by atoms with van der Waals surface area (Å²) in [4.78, 5) is 0. The molecule has 0 radical (unpaired) electrons. The summed E-state index contributed by atoms with van der Waals surface area (Å²) in [6.45, 7) is 1.92. The van der Waals surface area contributed by atoms with Gasteiger partial charge in [0.1, 0.15) is 5.01 Å². The van der Waals surface area contributed by atoms with Crippen LogP contribution in [0.2, 0.25) is 0 Å². The predicted octanol–water partition coefficient (Wildman–Crippen LogP) is 2.17. The monoisotopic (exact) mass is 206 g/mol. The molecule has 0 amide bonds. The Labute approximate surface area is 85.8 Å². The molecule has 72 valence electrons. The van der Waals surface area contributed by atoms with Gasteiger partial charge in [-0.1, -0.05) is 17.4 Å². The summed E-state index contributed by atoms with van der Waals surface area (Å²) in [5.74, 6) is 0. The first kappa shape index (κ1) is 8.96. The molecule has 0 unspecified atom stereocenters. The number of nitrogen functional groups attached to an aromatic ring is 1.